The number of hydrogen-bond acceptors (Lipinski definition) is 4. The number of thiophene rings is 1. The first-order valence-electron chi connectivity index (χ1n) is 10.2. The summed E-state index contributed by atoms with van der Waals surface area (Å²) in [6.45, 7) is 5.56. The van der Waals surface area contributed by atoms with Crippen LogP contribution in [-0.2, 0) is 11.3 Å². The molecular weight excluding hydrogens is 401 g/mol. The van der Waals surface area contributed by atoms with Gasteiger partial charge in [0.25, 0.3) is 5.91 Å². The van der Waals surface area contributed by atoms with E-state index >= 15 is 0 Å². The van der Waals surface area contributed by atoms with Gasteiger partial charge in [0.15, 0.2) is 0 Å². The molecule has 2 aromatic carbocycles. The molecule has 0 unspecified atom stereocenters. The molecule has 1 aliphatic heterocycles. The van der Waals surface area contributed by atoms with Gasteiger partial charge in [-0.05, 0) is 43.2 Å². The Morgan fingerprint density at radius 1 is 1.20 bits per heavy atom. The number of carbonyl (C=O) groups excluding carboxylic acids is 1. The lowest BCUT2D eigenvalue weighted by Gasteiger charge is -2.32. The van der Waals surface area contributed by atoms with Crippen LogP contribution < -0.4 is 4.74 Å². The molecule has 158 valence electrons. The van der Waals surface area contributed by atoms with Gasteiger partial charge in [0, 0.05) is 48.7 Å². The number of rotatable bonds is 5. The van der Waals surface area contributed by atoms with Crippen molar-refractivity contribution in [2.45, 2.75) is 39.4 Å². The van der Waals surface area contributed by atoms with Crippen molar-refractivity contribution in [1.29, 1.82) is 0 Å². The highest BCUT2D eigenvalue weighted by Crippen LogP contribution is 2.35. The van der Waals surface area contributed by atoms with E-state index in [1.165, 1.54) is 23.0 Å². The lowest BCUT2D eigenvalue weighted by Crippen LogP contribution is -2.41. The molecule has 0 N–H and O–H groups in total. The second-order valence-electron chi connectivity index (χ2n) is 7.83. The van der Waals surface area contributed by atoms with Crippen molar-refractivity contribution in [1.82, 2.24) is 4.90 Å². The highest BCUT2D eigenvalue weighted by atomic mass is 32.1. The van der Waals surface area contributed by atoms with Crippen LogP contribution in [-0.4, -0.2) is 37.1 Å². The minimum atomic E-state index is -0.310. The summed E-state index contributed by atoms with van der Waals surface area (Å²) in [6, 6.07) is 11.2. The Morgan fingerprint density at radius 3 is 2.70 bits per heavy atom. The van der Waals surface area contributed by atoms with Gasteiger partial charge in [0.1, 0.15) is 17.7 Å². The highest BCUT2D eigenvalue weighted by Gasteiger charge is 2.29. The van der Waals surface area contributed by atoms with Gasteiger partial charge in [-0.15, -0.1) is 11.3 Å². The Kier molecular flexibility index (Phi) is 6.06. The van der Waals surface area contributed by atoms with Gasteiger partial charge >= 0.3 is 0 Å². The van der Waals surface area contributed by atoms with Gasteiger partial charge in [-0.2, -0.15) is 0 Å². The zero-order valence-corrected chi connectivity index (χ0v) is 18.4. The molecule has 0 radical (unpaired) electrons. The van der Waals surface area contributed by atoms with Gasteiger partial charge in [-0.3, -0.25) is 4.79 Å². The summed E-state index contributed by atoms with van der Waals surface area (Å²) in [5.74, 6) is 0.561. The van der Waals surface area contributed by atoms with Crippen molar-refractivity contribution in [3.05, 3.63) is 63.8 Å². The SMILES string of the molecule is COCc1c(C(=O)N2CCC(Oc3cc(C)ccc3C)CC2)sc2cccc(F)c12. The fourth-order valence-electron chi connectivity index (χ4n) is 3.96. The Balaban J connectivity index is 1.49. The topological polar surface area (TPSA) is 38.8 Å². The number of amides is 1. The van der Waals surface area contributed by atoms with E-state index in [1.54, 1.807) is 13.2 Å². The van der Waals surface area contributed by atoms with Crippen LogP contribution in [0.1, 0.15) is 39.2 Å². The molecule has 3 aromatic rings. The summed E-state index contributed by atoms with van der Waals surface area (Å²) in [7, 11) is 1.56. The highest BCUT2D eigenvalue weighted by molar-refractivity contribution is 7.21. The molecule has 1 aromatic heterocycles. The van der Waals surface area contributed by atoms with Crippen molar-refractivity contribution in [3.63, 3.8) is 0 Å². The standard InChI is InChI=1S/C24H26FNO3S/c1-15-7-8-16(2)20(13-15)29-17-9-11-26(12-10-17)24(27)23-18(14-28-3)22-19(25)5-4-6-21(22)30-23/h4-8,13,17H,9-12,14H2,1-3H3. The Bertz CT molecular complexity index is 1070. The van der Waals surface area contributed by atoms with Crippen LogP contribution in [0.4, 0.5) is 4.39 Å². The maximum atomic E-state index is 14.4. The Hall–Kier alpha value is -2.44. The third-order valence-corrected chi connectivity index (χ3v) is 6.80. The minimum absolute atomic E-state index is 0.0483. The molecule has 30 heavy (non-hydrogen) atoms. The number of nitrogens with zero attached hydrogens (tertiary/aromatic N) is 1. The van der Waals surface area contributed by atoms with Crippen molar-refractivity contribution in [3.8, 4) is 5.75 Å². The summed E-state index contributed by atoms with van der Waals surface area (Å²) in [5, 5.41) is 0.501. The average molecular weight is 428 g/mol. The first-order valence-corrected chi connectivity index (χ1v) is 11.0. The van der Waals surface area contributed by atoms with E-state index in [2.05, 4.69) is 25.1 Å². The molecule has 0 spiro atoms. The number of halogens is 1. The number of methoxy groups -OCH3 is 1. The molecule has 1 amide bonds. The van der Waals surface area contributed by atoms with Crippen molar-refractivity contribution in [2.24, 2.45) is 0 Å². The Morgan fingerprint density at radius 2 is 1.97 bits per heavy atom. The first kappa shape index (κ1) is 20.8. The van der Waals surface area contributed by atoms with Crippen LogP contribution in [0.2, 0.25) is 0 Å². The number of piperidine rings is 1. The van der Waals surface area contributed by atoms with E-state index in [0.717, 1.165) is 28.9 Å². The number of benzene rings is 2. The zero-order chi connectivity index (χ0) is 21.3. The summed E-state index contributed by atoms with van der Waals surface area (Å²) in [6.07, 6.45) is 1.64. The van der Waals surface area contributed by atoms with Gasteiger partial charge in [-0.25, -0.2) is 4.39 Å². The minimum Gasteiger partial charge on any atom is -0.490 e. The molecule has 0 bridgehead atoms. The molecule has 2 heterocycles. The van der Waals surface area contributed by atoms with Crippen LogP contribution in [0.5, 0.6) is 5.75 Å². The third kappa shape index (κ3) is 4.07. The molecular formula is C24H26FNO3S. The molecule has 0 saturated carbocycles. The molecule has 0 atom stereocenters. The van der Waals surface area contributed by atoms with Crippen molar-refractivity contribution >= 4 is 27.3 Å². The summed E-state index contributed by atoms with van der Waals surface area (Å²) in [4.78, 5) is 15.7. The van der Waals surface area contributed by atoms with E-state index < -0.39 is 0 Å². The number of ether oxygens (including phenoxy) is 2. The Labute approximate surface area is 180 Å². The second-order valence-corrected chi connectivity index (χ2v) is 8.89. The number of aryl methyl sites for hydroxylation is 2. The van der Waals surface area contributed by atoms with Crippen molar-refractivity contribution < 1.29 is 18.7 Å². The van der Waals surface area contributed by atoms with Gasteiger partial charge < -0.3 is 14.4 Å². The molecule has 1 saturated heterocycles. The van der Waals surface area contributed by atoms with Crippen LogP contribution in [0.25, 0.3) is 10.1 Å². The summed E-state index contributed by atoms with van der Waals surface area (Å²) >= 11 is 1.34. The summed E-state index contributed by atoms with van der Waals surface area (Å²) < 4.78 is 26.7. The first-order chi connectivity index (χ1) is 14.5. The van der Waals surface area contributed by atoms with Crippen LogP contribution in [0.3, 0.4) is 0 Å². The fourth-order valence-corrected chi connectivity index (χ4v) is 5.15. The lowest BCUT2D eigenvalue weighted by molar-refractivity contribution is 0.0595. The van der Waals surface area contributed by atoms with Crippen molar-refractivity contribution in [2.75, 3.05) is 20.2 Å². The molecule has 0 aliphatic carbocycles. The zero-order valence-electron chi connectivity index (χ0n) is 17.5. The van der Waals surface area contributed by atoms with E-state index in [9.17, 15) is 9.18 Å². The van der Waals surface area contributed by atoms with E-state index in [0.29, 0.717) is 28.9 Å². The lowest BCUT2D eigenvalue weighted by atomic mass is 10.1. The van der Waals surface area contributed by atoms with E-state index in [1.807, 2.05) is 17.9 Å². The quantitative estimate of drug-likeness (QED) is 0.541. The number of fused-ring (bicyclic) bond motifs is 1. The smallest absolute Gasteiger partial charge is 0.264 e. The predicted octanol–water partition coefficient (Wildman–Crippen LogP) is 5.49. The molecule has 4 rings (SSSR count). The van der Waals surface area contributed by atoms with Crippen LogP contribution in [0.15, 0.2) is 36.4 Å². The molecule has 1 aliphatic rings. The van der Waals surface area contributed by atoms with E-state index in [-0.39, 0.29) is 24.4 Å². The number of hydrogen-bond donors (Lipinski definition) is 0. The maximum absolute atomic E-state index is 14.4. The van der Waals surface area contributed by atoms with Crippen LogP contribution in [0, 0.1) is 19.7 Å². The number of likely N-dealkylation sites (tertiary alicyclic amines) is 1. The molecule has 6 heteroatoms. The monoisotopic (exact) mass is 427 g/mol. The fraction of sp³-hybridized carbons (Fsp3) is 0.375. The summed E-state index contributed by atoms with van der Waals surface area (Å²) in [5.41, 5.74) is 2.94. The van der Waals surface area contributed by atoms with Gasteiger partial charge in [0.05, 0.1) is 11.5 Å². The predicted molar refractivity (Wildman–Crippen MR) is 118 cm³/mol. The molecule has 4 nitrogen and oxygen atoms in total. The van der Waals surface area contributed by atoms with Gasteiger partial charge in [0.2, 0.25) is 0 Å². The number of carbonyl (C=O) groups is 1. The molecule has 1 fully saturated rings. The second kappa shape index (κ2) is 8.74. The van der Waals surface area contributed by atoms with Gasteiger partial charge in [-0.1, -0.05) is 18.2 Å². The largest absolute Gasteiger partial charge is 0.490 e. The third-order valence-electron chi connectivity index (χ3n) is 5.61. The normalized spacial score (nSPS) is 15.0. The van der Waals surface area contributed by atoms with E-state index in [4.69, 9.17) is 9.47 Å². The average Bonchev–Trinajstić information content (AvgIpc) is 3.11. The van der Waals surface area contributed by atoms with Crippen LogP contribution >= 0.6 is 11.3 Å². The maximum Gasteiger partial charge on any atom is 0.264 e.